The molecular weight excluding hydrogens is 378 g/mol. The monoisotopic (exact) mass is 397 g/mol. The number of carboxylic acids is 1. The van der Waals surface area contributed by atoms with E-state index in [0.717, 1.165) is 43.1 Å². The molecule has 1 aromatic carbocycles. The highest BCUT2D eigenvalue weighted by molar-refractivity contribution is 7.08. The molecule has 0 spiro atoms. The van der Waals surface area contributed by atoms with Crippen molar-refractivity contribution in [2.24, 2.45) is 0 Å². The minimum absolute atomic E-state index is 0.198. The lowest BCUT2D eigenvalue weighted by atomic mass is 10.1. The van der Waals surface area contributed by atoms with Crippen molar-refractivity contribution in [1.82, 2.24) is 10.1 Å². The molecule has 0 radical (unpaired) electrons. The van der Waals surface area contributed by atoms with Crippen molar-refractivity contribution < 1.29 is 19.2 Å². The molecule has 144 valence electrons. The van der Waals surface area contributed by atoms with E-state index in [9.17, 15) is 9.90 Å². The summed E-state index contributed by atoms with van der Waals surface area (Å²) in [7, 11) is 0. The Bertz CT molecular complexity index is 958. The Morgan fingerprint density at radius 3 is 2.68 bits per heavy atom. The quantitative estimate of drug-likeness (QED) is 0.679. The molecular formula is C20H19N3O4S. The van der Waals surface area contributed by atoms with Crippen LogP contribution in [0.15, 0.2) is 45.6 Å². The van der Waals surface area contributed by atoms with Gasteiger partial charge in [0.05, 0.1) is 19.6 Å². The number of hydrogen-bond acceptors (Lipinski definition) is 7. The zero-order valence-electron chi connectivity index (χ0n) is 15.1. The van der Waals surface area contributed by atoms with Crippen LogP contribution in [-0.2, 0) is 9.53 Å². The number of carbonyl (C=O) groups is 1. The lowest BCUT2D eigenvalue weighted by Gasteiger charge is -2.28. The highest BCUT2D eigenvalue weighted by atomic mass is 32.1. The van der Waals surface area contributed by atoms with E-state index in [-0.39, 0.29) is 12.3 Å². The number of anilines is 1. The van der Waals surface area contributed by atoms with Gasteiger partial charge in [0, 0.05) is 35.3 Å². The van der Waals surface area contributed by atoms with Crippen LogP contribution < -0.4 is 4.90 Å². The van der Waals surface area contributed by atoms with Crippen molar-refractivity contribution >= 4 is 34.6 Å². The van der Waals surface area contributed by atoms with Crippen LogP contribution >= 0.6 is 11.3 Å². The SMILES string of the molecule is O=C(O)C/C(=C\c1ccc(N2CCOCC2)cc1)c1nc(-c2ccsc2)no1. The number of hydrogen-bond donors (Lipinski definition) is 1. The van der Waals surface area contributed by atoms with Crippen LogP contribution in [-0.4, -0.2) is 47.5 Å². The maximum Gasteiger partial charge on any atom is 0.308 e. The van der Waals surface area contributed by atoms with Crippen molar-refractivity contribution in [2.45, 2.75) is 6.42 Å². The summed E-state index contributed by atoms with van der Waals surface area (Å²) in [5.74, 6) is -0.275. The number of morpholine rings is 1. The first kappa shape index (κ1) is 18.4. The predicted molar refractivity (Wildman–Crippen MR) is 107 cm³/mol. The number of aromatic nitrogens is 2. The Balaban J connectivity index is 1.58. The zero-order valence-corrected chi connectivity index (χ0v) is 15.9. The second kappa shape index (κ2) is 8.37. The summed E-state index contributed by atoms with van der Waals surface area (Å²) in [5.41, 5.74) is 3.33. The lowest BCUT2D eigenvalue weighted by molar-refractivity contribution is -0.135. The van der Waals surface area contributed by atoms with Gasteiger partial charge < -0.3 is 19.3 Å². The third-order valence-electron chi connectivity index (χ3n) is 4.43. The Kier molecular flexibility index (Phi) is 5.50. The van der Waals surface area contributed by atoms with Gasteiger partial charge in [-0.3, -0.25) is 4.79 Å². The van der Waals surface area contributed by atoms with Gasteiger partial charge in [-0.05, 0) is 35.2 Å². The second-order valence-corrected chi connectivity index (χ2v) is 7.15. The maximum absolute atomic E-state index is 11.3. The summed E-state index contributed by atoms with van der Waals surface area (Å²) in [4.78, 5) is 18.0. The van der Waals surface area contributed by atoms with Crippen molar-refractivity contribution in [1.29, 1.82) is 0 Å². The van der Waals surface area contributed by atoms with Crippen molar-refractivity contribution in [3.63, 3.8) is 0 Å². The fourth-order valence-electron chi connectivity index (χ4n) is 3.02. The van der Waals surface area contributed by atoms with E-state index in [1.54, 1.807) is 6.08 Å². The number of aliphatic carboxylic acids is 1. The molecule has 7 nitrogen and oxygen atoms in total. The highest BCUT2D eigenvalue weighted by Crippen LogP contribution is 2.26. The number of rotatable bonds is 6. The van der Waals surface area contributed by atoms with E-state index in [1.807, 2.05) is 41.1 Å². The number of thiophene rings is 1. The minimum atomic E-state index is -0.952. The van der Waals surface area contributed by atoms with Gasteiger partial charge >= 0.3 is 5.97 Å². The van der Waals surface area contributed by atoms with Crippen LogP contribution in [0, 0.1) is 0 Å². The van der Waals surface area contributed by atoms with Crippen LogP contribution in [0.1, 0.15) is 17.9 Å². The molecule has 1 N–H and O–H groups in total. The highest BCUT2D eigenvalue weighted by Gasteiger charge is 2.16. The average Bonchev–Trinajstić information content (AvgIpc) is 3.40. The molecule has 3 aromatic rings. The molecule has 1 saturated heterocycles. The third kappa shape index (κ3) is 4.29. The molecule has 0 amide bonds. The molecule has 1 fully saturated rings. The standard InChI is InChI=1S/C20H19N3O4S/c24-18(25)12-16(20-21-19(22-27-20)15-5-10-28-13-15)11-14-1-3-17(4-2-14)23-6-8-26-9-7-23/h1-5,10-11,13H,6-9,12H2,(H,24,25)/b16-11+. The largest absolute Gasteiger partial charge is 0.481 e. The van der Waals surface area contributed by atoms with Gasteiger partial charge in [0.2, 0.25) is 5.82 Å². The molecule has 3 heterocycles. The Hall–Kier alpha value is -2.97. The first-order valence-electron chi connectivity index (χ1n) is 8.91. The maximum atomic E-state index is 11.3. The van der Waals surface area contributed by atoms with E-state index in [1.165, 1.54) is 11.3 Å². The third-order valence-corrected chi connectivity index (χ3v) is 5.12. The van der Waals surface area contributed by atoms with Crippen molar-refractivity contribution in [2.75, 3.05) is 31.2 Å². The summed E-state index contributed by atoms with van der Waals surface area (Å²) in [6.45, 7) is 3.20. The van der Waals surface area contributed by atoms with Crippen molar-refractivity contribution in [3.8, 4) is 11.4 Å². The fraction of sp³-hybridized carbons (Fsp3) is 0.250. The molecule has 1 aliphatic heterocycles. The molecule has 0 saturated carbocycles. The molecule has 2 aromatic heterocycles. The average molecular weight is 397 g/mol. The lowest BCUT2D eigenvalue weighted by Crippen LogP contribution is -2.36. The van der Waals surface area contributed by atoms with Gasteiger partial charge in [0.1, 0.15) is 0 Å². The molecule has 0 unspecified atom stereocenters. The van der Waals surface area contributed by atoms with E-state index < -0.39 is 5.97 Å². The van der Waals surface area contributed by atoms with E-state index in [0.29, 0.717) is 11.4 Å². The number of nitrogens with zero attached hydrogens (tertiary/aromatic N) is 3. The second-order valence-electron chi connectivity index (χ2n) is 6.37. The van der Waals surface area contributed by atoms with Gasteiger partial charge in [-0.1, -0.05) is 17.3 Å². The molecule has 0 aliphatic carbocycles. The summed E-state index contributed by atoms with van der Waals surface area (Å²) in [6, 6.07) is 9.87. The first-order chi connectivity index (χ1) is 13.7. The number of benzene rings is 1. The summed E-state index contributed by atoms with van der Waals surface area (Å²) >= 11 is 1.54. The Morgan fingerprint density at radius 2 is 2.00 bits per heavy atom. The molecule has 28 heavy (non-hydrogen) atoms. The van der Waals surface area contributed by atoms with Crippen LogP contribution in [0.3, 0.4) is 0 Å². The predicted octanol–water partition coefficient (Wildman–Crippen LogP) is 3.65. The van der Waals surface area contributed by atoms with E-state index in [2.05, 4.69) is 15.0 Å². The molecule has 1 aliphatic rings. The smallest absolute Gasteiger partial charge is 0.308 e. The van der Waals surface area contributed by atoms with Gasteiger partial charge in [-0.2, -0.15) is 16.3 Å². The van der Waals surface area contributed by atoms with Crippen LogP contribution in [0.5, 0.6) is 0 Å². The van der Waals surface area contributed by atoms with Crippen LogP contribution in [0.2, 0.25) is 0 Å². The summed E-state index contributed by atoms with van der Waals surface area (Å²) in [6.07, 6.45) is 1.58. The first-order valence-corrected chi connectivity index (χ1v) is 9.85. The fourth-order valence-corrected chi connectivity index (χ4v) is 3.65. The van der Waals surface area contributed by atoms with Gasteiger partial charge in [-0.25, -0.2) is 0 Å². The van der Waals surface area contributed by atoms with Gasteiger partial charge in [0.15, 0.2) is 0 Å². The van der Waals surface area contributed by atoms with Crippen LogP contribution in [0.4, 0.5) is 5.69 Å². The Morgan fingerprint density at radius 1 is 1.21 bits per heavy atom. The van der Waals surface area contributed by atoms with E-state index in [4.69, 9.17) is 9.26 Å². The summed E-state index contributed by atoms with van der Waals surface area (Å²) < 4.78 is 10.7. The zero-order chi connectivity index (χ0) is 19.3. The van der Waals surface area contributed by atoms with Crippen molar-refractivity contribution in [3.05, 3.63) is 52.5 Å². The molecule has 0 atom stereocenters. The van der Waals surface area contributed by atoms with Crippen LogP contribution in [0.25, 0.3) is 23.0 Å². The number of carboxylic acid groups (broad SMARTS) is 1. The van der Waals surface area contributed by atoms with Gasteiger partial charge in [-0.15, -0.1) is 0 Å². The van der Waals surface area contributed by atoms with E-state index >= 15 is 0 Å². The van der Waals surface area contributed by atoms with Gasteiger partial charge in [0.25, 0.3) is 5.89 Å². The molecule has 4 rings (SSSR count). The topological polar surface area (TPSA) is 88.7 Å². The number of ether oxygens (including phenoxy) is 1. The Labute approximate surface area is 165 Å². The minimum Gasteiger partial charge on any atom is -0.481 e. The summed E-state index contributed by atoms with van der Waals surface area (Å²) in [5, 5.41) is 17.1. The molecule has 0 bridgehead atoms. The molecule has 8 heteroatoms. The normalized spacial score (nSPS) is 15.0.